The average molecular weight is 475 g/mol. The van der Waals surface area contributed by atoms with E-state index in [0.717, 1.165) is 9.87 Å². The summed E-state index contributed by atoms with van der Waals surface area (Å²) < 4.78 is 32.9. The molecule has 0 aromatic heterocycles. The number of rotatable bonds is 8. The Bertz CT molecular complexity index is 1200. The number of sulfonamides is 1. The quantitative estimate of drug-likeness (QED) is 0.516. The zero-order valence-corrected chi connectivity index (χ0v) is 19.2. The van der Waals surface area contributed by atoms with Crippen LogP contribution in [0.3, 0.4) is 0 Å². The summed E-state index contributed by atoms with van der Waals surface area (Å²) in [6.45, 7) is 1.47. The van der Waals surface area contributed by atoms with Gasteiger partial charge in [0, 0.05) is 11.6 Å². The number of carbonyl (C=O) groups is 1. The fraction of sp³-hybridized carbons (Fsp3) is 0.174. The van der Waals surface area contributed by atoms with Crippen LogP contribution in [0.2, 0.25) is 5.02 Å². The number of halogens is 1. The predicted octanol–water partition coefficient (Wildman–Crippen LogP) is 3.87. The van der Waals surface area contributed by atoms with E-state index >= 15 is 0 Å². The molecule has 0 atom stereocenters. The van der Waals surface area contributed by atoms with Crippen LogP contribution in [0, 0.1) is 6.92 Å². The molecule has 32 heavy (non-hydrogen) atoms. The summed E-state index contributed by atoms with van der Waals surface area (Å²) >= 11 is 6.21. The molecule has 9 heteroatoms. The van der Waals surface area contributed by atoms with Crippen molar-refractivity contribution >= 4 is 33.2 Å². The van der Waals surface area contributed by atoms with Gasteiger partial charge in [-0.1, -0.05) is 29.8 Å². The number of nitrogens with one attached hydrogen (secondary N) is 1. The Kier molecular flexibility index (Phi) is 7.27. The van der Waals surface area contributed by atoms with E-state index in [1.165, 1.54) is 24.3 Å². The van der Waals surface area contributed by atoms with Crippen molar-refractivity contribution in [3.8, 4) is 11.5 Å². The molecule has 0 saturated heterocycles. The molecule has 7 nitrogen and oxygen atoms in total. The minimum atomic E-state index is -4.11. The monoisotopic (exact) mass is 474 g/mol. The number of hydrogen-bond donors (Lipinski definition) is 2. The highest BCUT2D eigenvalue weighted by Gasteiger charge is 2.28. The summed E-state index contributed by atoms with van der Waals surface area (Å²) in [6, 6.07) is 17.2. The van der Waals surface area contributed by atoms with E-state index in [2.05, 4.69) is 5.32 Å². The average Bonchev–Trinajstić information content (AvgIpc) is 2.78. The van der Waals surface area contributed by atoms with E-state index < -0.39 is 22.5 Å². The van der Waals surface area contributed by atoms with Gasteiger partial charge in [-0.3, -0.25) is 9.10 Å². The van der Waals surface area contributed by atoms with E-state index in [1.54, 1.807) is 44.4 Å². The molecule has 0 saturated carbocycles. The van der Waals surface area contributed by atoms with Crippen molar-refractivity contribution in [2.75, 3.05) is 18.0 Å². The zero-order chi connectivity index (χ0) is 23.3. The molecule has 3 aromatic carbocycles. The van der Waals surface area contributed by atoms with E-state index in [-0.39, 0.29) is 17.2 Å². The molecule has 0 aliphatic heterocycles. The number of aromatic hydroxyl groups is 1. The number of phenols is 1. The molecule has 0 unspecified atom stereocenters. The largest absolute Gasteiger partial charge is 0.508 e. The summed E-state index contributed by atoms with van der Waals surface area (Å²) in [6.07, 6.45) is 0. The maximum atomic E-state index is 13.4. The summed E-state index contributed by atoms with van der Waals surface area (Å²) in [5, 5.41) is 12.6. The van der Waals surface area contributed by atoms with Crippen molar-refractivity contribution in [2.45, 2.75) is 18.4 Å². The van der Waals surface area contributed by atoms with Crippen molar-refractivity contribution in [1.82, 2.24) is 5.32 Å². The Labute approximate surface area is 192 Å². The van der Waals surface area contributed by atoms with Crippen LogP contribution < -0.4 is 14.4 Å². The third kappa shape index (κ3) is 5.33. The van der Waals surface area contributed by atoms with Crippen LogP contribution in [-0.2, 0) is 21.4 Å². The van der Waals surface area contributed by atoms with Crippen molar-refractivity contribution in [2.24, 2.45) is 0 Å². The van der Waals surface area contributed by atoms with Crippen molar-refractivity contribution < 1.29 is 23.1 Å². The number of ether oxygens (including phenoxy) is 1. The van der Waals surface area contributed by atoms with E-state index in [1.807, 2.05) is 12.1 Å². The Morgan fingerprint density at radius 3 is 2.34 bits per heavy atom. The number of anilines is 1. The number of hydrogen-bond acceptors (Lipinski definition) is 5. The number of phenolic OH excluding ortho intramolecular Hbond substituents is 1. The third-order valence-corrected chi connectivity index (χ3v) is 7.05. The van der Waals surface area contributed by atoms with E-state index in [9.17, 15) is 18.3 Å². The summed E-state index contributed by atoms with van der Waals surface area (Å²) in [5.74, 6) is 0.150. The maximum Gasteiger partial charge on any atom is 0.264 e. The highest BCUT2D eigenvalue weighted by Crippen LogP contribution is 2.31. The van der Waals surface area contributed by atoms with Crippen molar-refractivity contribution in [3.63, 3.8) is 0 Å². The summed E-state index contributed by atoms with van der Waals surface area (Å²) in [4.78, 5) is 12.7. The van der Waals surface area contributed by atoms with Crippen LogP contribution in [0.4, 0.5) is 5.69 Å². The smallest absolute Gasteiger partial charge is 0.264 e. The van der Waals surface area contributed by atoms with Gasteiger partial charge < -0.3 is 15.2 Å². The fourth-order valence-corrected chi connectivity index (χ4v) is 4.69. The van der Waals surface area contributed by atoms with Crippen LogP contribution in [0.1, 0.15) is 11.1 Å². The first kappa shape index (κ1) is 23.4. The van der Waals surface area contributed by atoms with Gasteiger partial charge in [-0.2, -0.15) is 0 Å². The Hall–Kier alpha value is -3.23. The van der Waals surface area contributed by atoms with Gasteiger partial charge in [0.25, 0.3) is 10.0 Å². The highest BCUT2D eigenvalue weighted by molar-refractivity contribution is 7.92. The Morgan fingerprint density at radius 2 is 1.72 bits per heavy atom. The molecule has 168 valence electrons. The lowest BCUT2D eigenvalue weighted by Crippen LogP contribution is -2.41. The molecule has 0 spiro atoms. The maximum absolute atomic E-state index is 13.4. The minimum Gasteiger partial charge on any atom is -0.508 e. The van der Waals surface area contributed by atoms with Gasteiger partial charge in [0.15, 0.2) is 0 Å². The van der Waals surface area contributed by atoms with Crippen LogP contribution in [0.25, 0.3) is 0 Å². The number of methoxy groups -OCH3 is 1. The van der Waals surface area contributed by atoms with Gasteiger partial charge in [-0.15, -0.1) is 0 Å². The van der Waals surface area contributed by atoms with E-state index in [4.69, 9.17) is 16.3 Å². The van der Waals surface area contributed by atoms with Gasteiger partial charge in [0.2, 0.25) is 5.91 Å². The Morgan fingerprint density at radius 1 is 1.06 bits per heavy atom. The van der Waals surface area contributed by atoms with Gasteiger partial charge in [0.1, 0.15) is 18.0 Å². The van der Waals surface area contributed by atoms with E-state index in [0.29, 0.717) is 22.0 Å². The molecular weight excluding hydrogens is 452 g/mol. The zero-order valence-electron chi connectivity index (χ0n) is 17.6. The molecule has 3 rings (SSSR count). The predicted molar refractivity (Wildman–Crippen MR) is 124 cm³/mol. The molecule has 0 fully saturated rings. The van der Waals surface area contributed by atoms with Crippen LogP contribution in [0.5, 0.6) is 11.5 Å². The second kappa shape index (κ2) is 9.93. The lowest BCUT2D eigenvalue weighted by atomic mass is 10.2. The van der Waals surface area contributed by atoms with Gasteiger partial charge >= 0.3 is 0 Å². The lowest BCUT2D eigenvalue weighted by Gasteiger charge is -2.26. The topological polar surface area (TPSA) is 95.9 Å². The molecule has 3 aromatic rings. The molecule has 0 heterocycles. The van der Waals surface area contributed by atoms with Crippen molar-refractivity contribution in [1.29, 1.82) is 0 Å². The minimum absolute atomic E-state index is 0.0578. The normalized spacial score (nSPS) is 11.1. The molecular formula is C23H23ClN2O5S. The van der Waals surface area contributed by atoms with Gasteiger partial charge in [0.05, 0.1) is 17.7 Å². The molecule has 0 bridgehead atoms. The van der Waals surface area contributed by atoms with Crippen molar-refractivity contribution in [3.05, 3.63) is 82.9 Å². The van der Waals surface area contributed by atoms with Gasteiger partial charge in [-0.25, -0.2) is 8.42 Å². The SMILES string of the molecule is COc1ccc(CNC(=O)CN(c2cccc(Cl)c2C)S(=O)(=O)c2ccc(O)cc2)cc1. The first-order chi connectivity index (χ1) is 15.2. The molecule has 0 radical (unpaired) electrons. The number of benzene rings is 3. The van der Waals surface area contributed by atoms with Crippen LogP contribution in [-0.4, -0.2) is 33.1 Å². The first-order valence-corrected chi connectivity index (χ1v) is 11.5. The molecule has 0 aliphatic carbocycles. The molecule has 0 aliphatic rings. The highest BCUT2D eigenvalue weighted by atomic mass is 35.5. The Balaban J connectivity index is 1.87. The van der Waals surface area contributed by atoms with Crippen LogP contribution >= 0.6 is 11.6 Å². The standard InChI is InChI=1S/C23H23ClN2O5S/c1-16-21(24)4-3-5-22(16)26(32(29,30)20-12-8-18(27)9-13-20)15-23(28)25-14-17-6-10-19(31-2)11-7-17/h3-13,27H,14-15H2,1-2H3,(H,25,28). The fourth-order valence-electron chi connectivity index (χ4n) is 3.04. The van der Waals surface area contributed by atoms with Gasteiger partial charge in [-0.05, 0) is 66.6 Å². The second-order valence-corrected chi connectivity index (χ2v) is 9.28. The number of amides is 1. The number of nitrogens with zero attached hydrogens (tertiary/aromatic N) is 1. The summed E-state index contributed by atoms with van der Waals surface area (Å²) in [7, 11) is -2.54. The molecule has 1 amide bonds. The van der Waals surface area contributed by atoms with Crippen LogP contribution in [0.15, 0.2) is 71.6 Å². The number of carbonyl (C=O) groups excluding carboxylic acids is 1. The summed E-state index contributed by atoms with van der Waals surface area (Å²) in [5.41, 5.74) is 1.66. The first-order valence-electron chi connectivity index (χ1n) is 9.69. The molecule has 2 N–H and O–H groups in total. The second-order valence-electron chi connectivity index (χ2n) is 7.01. The third-order valence-electron chi connectivity index (χ3n) is 4.87. The lowest BCUT2D eigenvalue weighted by molar-refractivity contribution is -0.119.